The van der Waals surface area contributed by atoms with E-state index in [-0.39, 0.29) is 6.09 Å². The maximum absolute atomic E-state index is 12.0. The molecule has 0 spiro atoms. The van der Waals surface area contributed by atoms with Gasteiger partial charge in [-0.25, -0.2) is 4.79 Å². The zero-order chi connectivity index (χ0) is 14.2. The molecule has 1 aromatic rings. The van der Waals surface area contributed by atoms with Crippen LogP contribution in [0.25, 0.3) is 0 Å². The molecule has 1 aliphatic heterocycles. The quantitative estimate of drug-likeness (QED) is 0.792. The summed E-state index contributed by atoms with van der Waals surface area (Å²) in [5.41, 5.74) is 3.01. The number of hydrogen-bond acceptors (Lipinski definition) is 3. The second-order valence-electron chi connectivity index (χ2n) is 5.89. The second-order valence-corrected chi connectivity index (χ2v) is 5.89. The highest BCUT2D eigenvalue weighted by atomic mass is 16.6. The Hall–Kier alpha value is -1.78. The van der Waals surface area contributed by atoms with Crippen molar-refractivity contribution in [1.29, 1.82) is 0 Å². The van der Waals surface area contributed by atoms with Crippen molar-refractivity contribution in [2.75, 3.05) is 6.54 Å². The zero-order valence-corrected chi connectivity index (χ0v) is 11.9. The van der Waals surface area contributed by atoms with Crippen LogP contribution in [0.4, 0.5) is 4.79 Å². The van der Waals surface area contributed by atoms with Gasteiger partial charge >= 0.3 is 6.09 Å². The van der Waals surface area contributed by atoms with Crippen LogP contribution in [0.3, 0.4) is 0 Å². The van der Waals surface area contributed by atoms with Crippen LogP contribution in [0.2, 0.25) is 0 Å². The van der Waals surface area contributed by atoms with Gasteiger partial charge in [-0.2, -0.15) is 0 Å². The summed E-state index contributed by atoms with van der Waals surface area (Å²) in [5.74, 6) is 0. The molecule has 1 N–H and O–H groups in total. The van der Waals surface area contributed by atoms with Crippen LogP contribution >= 0.6 is 0 Å². The number of H-pyrrole nitrogens is 1. The van der Waals surface area contributed by atoms with Crippen molar-refractivity contribution in [3.63, 3.8) is 0 Å². The van der Waals surface area contributed by atoms with E-state index in [1.54, 1.807) is 4.90 Å². The predicted octanol–water partition coefficient (Wildman–Crippen LogP) is 2.43. The summed E-state index contributed by atoms with van der Waals surface area (Å²) in [7, 11) is 0. The molecule has 0 fully saturated rings. The maximum atomic E-state index is 12.0. The van der Waals surface area contributed by atoms with E-state index in [1.807, 2.05) is 27.7 Å². The van der Waals surface area contributed by atoms with Crippen molar-refractivity contribution in [3.8, 4) is 0 Å². The van der Waals surface area contributed by atoms with E-state index in [0.29, 0.717) is 18.7 Å². The molecule has 104 valence electrons. The second kappa shape index (κ2) is 4.72. The van der Waals surface area contributed by atoms with Gasteiger partial charge in [-0.1, -0.05) is 0 Å². The number of amides is 1. The summed E-state index contributed by atoms with van der Waals surface area (Å²) in [6, 6.07) is 0. The Kier molecular flexibility index (Phi) is 3.39. The summed E-state index contributed by atoms with van der Waals surface area (Å²) in [5, 5.41) is 0. The Bertz CT molecular complexity index is 511. The lowest BCUT2D eigenvalue weighted by Crippen LogP contribution is -2.40. The average Bonchev–Trinajstić information content (AvgIpc) is 2.60. The molecule has 0 unspecified atom stereocenters. The average molecular weight is 264 g/mol. The molecule has 0 atom stereocenters. The Morgan fingerprint density at radius 2 is 2.11 bits per heavy atom. The SMILES string of the molecule is Cc1[nH]c2c(c1C=O)CN(C(=O)OC(C)(C)C)CC2. The molecule has 0 aromatic carbocycles. The monoisotopic (exact) mass is 264 g/mol. The molecule has 1 amide bonds. The Labute approximate surface area is 112 Å². The first-order chi connectivity index (χ1) is 8.81. The van der Waals surface area contributed by atoms with Crippen LogP contribution < -0.4 is 0 Å². The van der Waals surface area contributed by atoms with Crippen molar-refractivity contribution < 1.29 is 14.3 Å². The molecule has 0 bridgehead atoms. The van der Waals surface area contributed by atoms with Crippen LogP contribution in [0.5, 0.6) is 0 Å². The fourth-order valence-corrected chi connectivity index (χ4v) is 2.31. The molecular formula is C14H20N2O3. The van der Waals surface area contributed by atoms with E-state index in [0.717, 1.165) is 29.7 Å². The van der Waals surface area contributed by atoms with Crippen LogP contribution in [-0.4, -0.2) is 34.4 Å². The summed E-state index contributed by atoms with van der Waals surface area (Å²) in [6.45, 7) is 8.45. The van der Waals surface area contributed by atoms with Gasteiger partial charge in [-0.05, 0) is 27.7 Å². The third-order valence-electron chi connectivity index (χ3n) is 3.18. The molecule has 0 radical (unpaired) electrons. The summed E-state index contributed by atoms with van der Waals surface area (Å²) in [6.07, 6.45) is 1.25. The largest absolute Gasteiger partial charge is 0.444 e. The maximum Gasteiger partial charge on any atom is 0.410 e. The summed E-state index contributed by atoms with van der Waals surface area (Å²) in [4.78, 5) is 28.0. The number of carbonyl (C=O) groups excluding carboxylic acids is 2. The molecule has 5 heteroatoms. The summed E-state index contributed by atoms with van der Waals surface area (Å²) >= 11 is 0. The highest BCUT2D eigenvalue weighted by Gasteiger charge is 2.28. The number of ether oxygens (including phenoxy) is 1. The van der Waals surface area contributed by atoms with E-state index >= 15 is 0 Å². The van der Waals surface area contributed by atoms with E-state index in [4.69, 9.17) is 4.74 Å². The number of aldehydes is 1. The van der Waals surface area contributed by atoms with Gasteiger partial charge in [0.25, 0.3) is 0 Å². The lowest BCUT2D eigenvalue weighted by Gasteiger charge is -2.30. The van der Waals surface area contributed by atoms with Crippen LogP contribution in [0, 0.1) is 6.92 Å². The molecule has 2 heterocycles. The number of nitrogens with one attached hydrogen (secondary N) is 1. The Morgan fingerprint density at radius 3 is 2.68 bits per heavy atom. The lowest BCUT2D eigenvalue weighted by atomic mass is 10.0. The predicted molar refractivity (Wildman–Crippen MR) is 71.3 cm³/mol. The van der Waals surface area contributed by atoms with Crippen molar-refractivity contribution in [2.24, 2.45) is 0 Å². The standard InChI is InChI=1S/C14H20N2O3/c1-9-11(8-17)10-7-16(6-5-12(10)15-9)13(18)19-14(2,3)4/h8,15H,5-7H2,1-4H3. The molecule has 2 rings (SSSR count). The third-order valence-corrected chi connectivity index (χ3v) is 3.18. The minimum absolute atomic E-state index is 0.325. The van der Waals surface area contributed by atoms with Gasteiger partial charge in [0.05, 0.1) is 6.54 Å². The Balaban J connectivity index is 2.17. The summed E-state index contributed by atoms with van der Waals surface area (Å²) < 4.78 is 5.36. The van der Waals surface area contributed by atoms with Gasteiger partial charge in [0.1, 0.15) is 5.60 Å². The number of aryl methyl sites for hydroxylation is 1. The van der Waals surface area contributed by atoms with Crippen LogP contribution in [-0.2, 0) is 17.7 Å². The number of nitrogens with zero attached hydrogens (tertiary/aromatic N) is 1. The van der Waals surface area contributed by atoms with Crippen molar-refractivity contribution >= 4 is 12.4 Å². The number of rotatable bonds is 1. The van der Waals surface area contributed by atoms with Gasteiger partial charge in [-0.3, -0.25) is 4.79 Å². The first-order valence-electron chi connectivity index (χ1n) is 6.45. The van der Waals surface area contributed by atoms with Crippen molar-refractivity contribution in [2.45, 2.75) is 46.3 Å². The van der Waals surface area contributed by atoms with Gasteiger partial charge in [0.15, 0.2) is 6.29 Å². The van der Waals surface area contributed by atoms with E-state index in [1.165, 1.54) is 0 Å². The fourth-order valence-electron chi connectivity index (χ4n) is 2.31. The van der Waals surface area contributed by atoms with Gasteiger partial charge in [-0.15, -0.1) is 0 Å². The molecule has 0 aliphatic carbocycles. The third kappa shape index (κ3) is 2.80. The highest BCUT2D eigenvalue weighted by molar-refractivity contribution is 5.80. The van der Waals surface area contributed by atoms with Gasteiger partial charge in [0.2, 0.25) is 0 Å². The van der Waals surface area contributed by atoms with E-state index in [2.05, 4.69) is 4.98 Å². The normalized spacial score (nSPS) is 15.1. The van der Waals surface area contributed by atoms with Gasteiger partial charge < -0.3 is 14.6 Å². The molecule has 1 aromatic heterocycles. The smallest absolute Gasteiger partial charge is 0.410 e. The number of aromatic amines is 1. The molecule has 1 aliphatic rings. The van der Waals surface area contributed by atoms with E-state index < -0.39 is 5.60 Å². The molecule has 0 saturated carbocycles. The topological polar surface area (TPSA) is 62.4 Å². The van der Waals surface area contributed by atoms with Gasteiger partial charge in [0, 0.05) is 35.5 Å². The zero-order valence-electron chi connectivity index (χ0n) is 11.9. The lowest BCUT2D eigenvalue weighted by molar-refractivity contribution is 0.0223. The molecule has 5 nitrogen and oxygen atoms in total. The highest BCUT2D eigenvalue weighted by Crippen LogP contribution is 2.25. The number of fused-ring (bicyclic) bond motifs is 1. The van der Waals surface area contributed by atoms with Crippen LogP contribution in [0.1, 0.15) is 48.1 Å². The molecule has 19 heavy (non-hydrogen) atoms. The fraction of sp³-hybridized carbons (Fsp3) is 0.571. The molecule has 0 saturated heterocycles. The minimum atomic E-state index is -0.501. The van der Waals surface area contributed by atoms with Crippen molar-refractivity contribution in [3.05, 3.63) is 22.5 Å². The number of carbonyl (C=O) groups is 2. The minimum Gasteiger partial charge on any atom is -0.444 e. The molecular weight excluding hydrogens is 244 g/mol. The van der Waals surface area contributed by atoms with Crippen molar-refractivity contribution in [1.82, 2.24) is 9.88 Å². The first kappa shape index (κ1) is 13.6. The number of aromatic nitrogens is 1. The van der Waals surface area contributed by atoms with Crippen LogP contribution in [0.15, 0.2) is 0 Å². The first-order valence-corrected chi connectivity index (χ1v) is 6.45. The number of hydrogen-bond donors (Lipinski definition) is 1. The van der Waals surface area contributed by atoms with E-state index in [9.17, 15) is 9.59 Å². The Morgan fingerprint density at radius 1 is 1.42 bits per heavy atom.